The molecular formula is C24H22Cl2CuO6S6. The Morgan fingerprint density at radius 2 is 0.692 bits per heavy atom. The molecule has 0 aromatic carbocycles. The molecular weight excluding hydrogens is 711 g/mol. The summed E-state index contributed by atoms with van der Waals surface area (Å²) >= 11 is 18.7. The van der Waals surface area contributed by atoms with Crippen molar-refractivity contribution in [2.75, 3.05) is 0 Å². The molecule has 39 heavy (non-hydrogen) atoms. The predicted molar refractivity (Wildman–Crippen MR) is 166 cm³/mol. The maximum absolute atomic E-state index is 8.74. The number of thiophene rings is 6. The van der Waals surface area contributed by atoms with E-state index in [9.17, 15) is 0 Å². The summed E-state index contributed by atoms with van der Waals surface area (Å²) in [7, 11) is 0. The summed E-state index contributed by atoms with van der Waals surface area (Å²) in [4.78, 5) is 0. The van der Waals surface area contributed by atoms with Crippen molar-refractivity contribution in [3.05, 3.63) is 103 Å². The molecule has 1 radical (unpaired) electrons. The maximum Gasteiger partial charge on any atom is 0.191 e. The van der Waals surface area contributed by atoms with Crippen LogP contribution in [0.3, 0.4) is 0 Å². The SMILES string of the molecule is Oc1cccs1.Oc1cccs1.Oc1cccs1.Oc1cccs1.Oc1cccs1.Oc1scc(Cl)c1Cl.[Cu]. The van der Waals surface area contributed by atoms with Crippen molar-refractivity contribution >= 4 is 91.2 Å². The first-order chi connectivity index (χ1) is 18.2. The fourth-order valence-corrected chi connectivity index (χ4v) is 5.01. The van der Waals surface area contributed by atoms with Gasteiger partial charge in [-0.3, -0.25) is 0 Å². The summed E-state index contributed by atoms with van der Waals surface area (Å²) in [6, 6.07) is 17.3. The Kier molecular flexibility index (Phi) is 21.8. The van der Waals surface area contributed by atoms with Gasteiger partial charge in [0.25, 0.3) is 0 Å². The summed E-state index contributed by atoms with van der Waals surface area (Å²) in [6.07, 6.45) is 0. The molecule has 0 amide bonds. The maximum atomic E-state index is 8.74. The third kappa shape index (κ3) is 19.8. The summed E-state index contributed by atoms with van der Waals surface area (Å²) in [5, 5.41) is 64.6. The number of aromatic hydroxyl groups is 6. The zero-order valence-electron chi connectivity index (χ0n) is 19.4. The zero-order valence-corrected chi connectivity index (χ0v) is 26.8. The van der Waals surface area contributed by atoms with Crippen molar-refractivity contribution in [1.29, 1.82) is 0 Å². The fourth-order valence-electron chi connectivity index (χ4n) is 1.66. The minimum Gasteiger partial charge on any atom is -0.499 e. The van der Waals surface area contributed by atoms with Crippen LogP contribution in [0.4, 0.5) is 0 Å². The number of rotatable bonds is 0. The quantitative estimate of drug-likeness (QED) is 0.0865. The van der Waals surface area contributed by atoms with Crippen LogP contribution in [0.15, 0.2) is 92.9 Å². The van der Waals surface area contributed by atoms with Crippen molar-refractivity contribution in [3.8, 4) is 30.4 Å². The normalized spacial score (nSPS) is 8.67. The van der Waals surface area contributed by atoms with Crippen LogP contribution in [0, 0.1) is 0 Å². The number of hydrogen-bond donors (Lipinski definition) is 6. The first-order valence-electron chi connectivity index (χ1n) is 9.92. The average molecular weight is 733 g/mol. The third-order valence-electron chi connectivity index (χ3n) is 3.20. The Labute approximate surface area is 270 Å². The molecule has 15 heteroatoms. The molecule has 215 valence electrons. The van der Waals surface area contributed by atoms with Gasteiger partial charge in [0.2, 0.25) is 0 Å². The van der Waals surface area contributed by atoms with E-state index in [0.29, 0.717) is 30.3 Å². The van der Waals surface area contributed by atoms with Gasteiger partial charge in [-0.2, -0.15) is 0 Å². The monoisotopic (exact) mass is 731 g/mol. The molecule has 0 fully saturated rings. The number of hydrogen-bond acceptors (Lipinski definition) is 12. The van der Waals surface area contributed by atoms with Gasteiger partial charge in [0.05, 0.1) is 5.02 Å². The van der Waals surface area contributed by atoms with E-state index in [2.05, 4.69) is 0 Å². The van der Waals surface area contributed by atoms with Gasteiger partial charge in [-0.05, 0) is 87.6 Å². The first kappa shape index (κ1) is 37.1. The average Bonchev–Trinajstić information content (AvgIpc) is 3.72. The van der Waals surface area contributed by atoms with E-state index < -0.39 is 0 Å². The first-order valence-corrected chi connectivity index (χ1v) is 16.0. The minimum atomic E-state index is 0. The molecule has 6 rings (SSSR count). The molecule has 0 atom stereocenters. The van der Waals surface area contributed by atoms with Gasteiger partial charge in [-0.1, -0.05) is 23.2 Å². The van der Waals surface area contributed by atoms with Crippen LogP contribution in [-0.4, -0.2) is 30.6 Å². The number of halogens is 2. The van der Waals surface area contributed by atoms with Crippen LogP contribution in [-0.2, 0) is 17.1 Å². The Morgan fingerprint density at radius 1 is 0.436 bits per heavy atom. The summed E-state index contributed by atoms with van der Waals surface area (Å²) in [5.41, 5.74) is 0. The molecule has 0 unspecified atom stereocenters. The molecule has 0 saturated carbocycles. The summed E-state index contributed by atoms with van der Waals surface area (Å²) in [5.74, 6) is 0. The zero-order chi connectivity index (χ0) is 28.2. The van der Waals surface area contributed by atoms with E-state index in [1.165, 1.54) is 56.7 Å². The van der Waals surface area contributed by atoms with E-state index in [4.69, 9.17) is 53.8 Å². The molecule has 0 bridgehead atoms. The topological polar surface area (TPSA) is 121 Å². The van der Waals surface area contributed by atoms with E-state index in [1.807, 2.05) is 26.9 Å². The van der Waals surface area contributed by atoms with E-state index >= 15 is 0 Å². The van der Waals surface area contributed by atoms with Crippen LogP contribution in [0.1, 0.15) is 0 Å². The second-order valence-electron chi connectivity index (χ2n) is 5.96. The predicted octanol–water partition coefficient (Wildman–Crippen LogP) is 10.0. The van der Waals surface area contributed by atoms with Crippen molar-refractivity contribution in [1.82, 2.24) is 0 Å². The summed E-state index contributed by atoms with van der Waals surface area (Å²) in [6.45, 7) is 0. The van der Waals surface area contributed by atoms with Crippen LogP contribution >= 0.6 is 91.2 Å². The molecule has 0 aliphatic rings. The molecule has 0 aliphatic heterocycles. The standard InChI is InChI=1S/C4H2Cl2OS.5C4H4OS.Cu/c5-2-1-8-4(7)3(2)6;5*5-4-2-1-3-6-4;/h1,7H;5*1-3,5H;. The second kappa shape index (κ2) is 22.9. The molecule has 0 aliphatic carbocycles. The summed E-state index contributed by atoms with van der Waals surface area (Å²) < 4.78 is 0. The van der Waals surface area contributed by atoms with Gasteiger partial charge < -0.3 is 30.6 Å². The Hall–Kier alpha value is -1.90. The molecule has 6 nitrogen and oxygen atoms in total. The van der Waals surface area contributed by atoms with E-state index in [-0.39, 0.29) is 27.2 Å². The molecule has 6 aromatic rings. The van der Waals surface area contributed by atoms with Crippen LogP contribution in [0.25, 0.3) is 0 Å². The molecule has 6 heterocycles. The molecule has 0 spiro atoms. The fraction of sp³-hybridized carbons (Fsp3) is 0. The van der Waals surface area contributed by atoms with Gasteiger partial charge in [0.15, 0.2) is 30.4 Å². The van der Waals surface area contributed by atoms with Crippen LogP contribution < -0.4 is 0 Å². The van der Waals surface area contributed by atoms with Crippen molar-refractivity contribution in [2.24, 2.45) is 0 Å². The van der Waals surface area contributed by atoms with E-state index in [0.717, 1.165) is 11.3 Å². The Morgan fingerprint density at radius 3 is 0.744 bits per heavy atom. The minimum absolute atomic E-state index is 0. The van der Waals surface area contributed by atoms with Gasteiger partial charge >= 0.3 is 0 Å². The van der Waals surface area contributed by atoms with Gasteiger partial charge in [0, 0.05) is 22.4 Å². The molecule has 0 saturated heterocycles. The molecule has 6 N–H and O–H groups in total. The Balaban J connectivity index is 0.000000444. The van der Waals surface area contributed by atoms with Crippen LogP contribution in [0.2, 0.25) is 10.0 Å². The van der Waals surface area contributed by atoms with Crippen molar-refractivity contribution in [3.63, 3.8) is 0 Å². The molecule has 6 aromatic heterocycles. The van der Waals surface area contributed by atoms with E-state index in [1.54, 1.807) is 66.0 Å². The largest absolute Gasteiger partial charge is 0.499 e. The second-order valence-corrected chi connectivity index (χ2v) is 12.2. The van der Waals surface area contributed by atoms with Gasteiger partial charge in [-0.15, -0.1) is 68.0 Å². The van der Waals surface area contributed by atoms with Crippen LogP contribution in [0.5, 0.6) is 30.4 Å². The van der Waals surface area contributed by atoms with Gasteiger partial charge in [-0.25, -0.2) is 0 Å². The third-order valence-corrected chi connectivity index (χ3v) is 8.36. The van der Waals surface area contributed by atoms with Crippen molar-refractivity contribution in [2.45, 2.75) is 0 Å². The smallest absolute Gasteiger partial charge is 0.191 e. The Bertz CT molecular complexity index is 1090. The van der Waals surface area contributed by atoms with Gasteiger partial charge in [0.1, 0.15) is 5.02 Å². The van der Waals surface area contributed by atoms with Crippen molar-refractivity contribution < 1.29 is 47.7 Å².